The van der Waals surface area contributed by atoms with Gasteiger partial charge in [0, 0.05) is 6.54 Å². The molecule has 3 rings (SSSR count). The number of nitrogens with one attached hydrogen (secondary N) is 1. The van der Waals surface area contributed by atoms with Crippen LogP contribution >= 0.6 is 11.8 Å². The molecule has 0 saturated heterocycles. The van der Waals surface area contributed by atoms with Gasteiger partial charge in [-0.05, 0) is 24.6 Å². The number of nitrogens with zero attached hydrogens (tertiary/aromatic N) is 3. The van der Waals surface area contributed by atoms with Crippen LogP contribution in [0.15, 0.2) is 72.4 Å². The average molecular weight is 439 g/mol. The highest BCUT2D eigenvalue weighted by atomic mass is 32.2. The van der Waals surface area contributed by atoms with Crippen LogP contribution in [0, 0.1) is 0 Å². The fraction of sp³-hybridized carbons (Fsp3) is 0.261. The predicted molar refractivity (Wildman–Crippen MR) is 121 cm³/mol. The Morgan fingerprint density at radius 2 is 1.87 bits per heavy atom. The van der Waals surface area contributed by atoms with Gasteiger partial charge in [-0.25, -0.2) is 0 Å². The van der Waals surface area contributed by atoms with Gasteiger partial charge in [0.05, 0.1) is 18.9 Å². The largest absolute Gasteiger partial charge is 0.493 e. The van der Waals surface area contributed by atoms with Gasteiger partial charge in [0.2, 0.25) is 5.91 Å². The minimum Gasteiger partial charge on any atom is -0.493 e. The van der Waals surface area contributed by atoms with E-state index in [0.29, 0.717) is 29.0 Å². The first-order chi connectivity index (χ1) is 15.1. The molecule has 1 amide bonds. The van der Waals surface area contributed by atoms with Gasteiger partial charge in [0.15, 0.2) is 22.5 Å². The zero-order chi connectivity index (χ0) is 22.1. The average Bonchev–Trinajstić information content (AvgIpc) is 3.18. The molecular weight excluding hydrogens is 412 g/mol. The molecule has 0 spiro atoms. The molecule has 162 valence electrons. The highest BCUT2D eigenvalue weighted by Gasteiger charge is 2.16. The first kappa shape index (κ1) is 22.4. The molecule has 0 saturated carbocycles. The number of ether oxygens (including phenoxy) is 2. The number of para-hydroxylation sites is 2. The van der Waals surface area contributed by atoms with Crippen molar-refractivity contribution in [2.75, 3.05) is 12.9 Å². The molecule has 31 heavy (non-hydrogen) atoms. The lowest BCUT2D eigenvalue weighted by Gasteiger charge is -2.14. The highest BCUT2D eigenvalue weighted by molar-refractivity contribution is 7.99. The third-order valence-corrected chi connectivity index (χ3v) is 5.51. The van der Waals surface area contributed by atoms with Gasteiger partial charge >= 0.3 is 0 Å². The minimum absolute atomic E-state index is 0.0647. The number of thioether (sulfide) groups is 1. The zero-order valence-corrected chi connectivity index (χ0v) is 18.5. The Kier molecular flexibility index (Phi) is 8.12. The predicted octanol–water partition coefficient (Wildman–Crippen LogP) is 4.02. The van der Waals surface area contributed by atoms with Crippen molar-refractivity contribution >= 4 is 17.7 Å². The van der Waals surface area contributed by atoms with Crippen LogP contribution in [0.1, 0.15) is 24.4 Å². The SMILES string of the molecule is C=CCn1c(COc2ccccc2OC)nnc1SCC(=O)N[C@H](C)c1ccccc1. The number of benzene rings is 2. The Morgan fingerprint density at radius 1 is 1.16 bits per heavy atom. The topological polar surface area (TPSA) is 78.3 Å². The van der Waals surface area contributed by atoms with Crippen molar-refractivity contribution in [3.8, 4) is 11.5 Å². The Morgan fingerprint density at radius 3 is 2.58 bits per heavy atom. The number of carbonyl (C=O) groups excluding carboxylic acids is 1. The van der Waals surface area contributed by atoms with Crippen LogP contribution in [0.2, 0.25) is 0 Å². The van der Waals surface area contributed by atoms with Crippen molar-refractivity contribution in [3.63, 3.8) is 0 Å². The number of hydrogen-bond acceptors (Lipinski definition) is 6. The van der Waals surface area contributed by atoms with Gasteiger partial charge in [-0.3, -0.25) is 9.36 Å². The quantitative estimate of drug-likeness (QED) is 0.360. The van der Waals surface area contributed by atoms with Gasteiger partial charge < -0.3 is 14.8 Å². The van der Waals surface area contributed by atoms with Gasteiger partial charge in [-0.15, -0.1) is 16.8 Å². The number of allylic oxidation sites excluding steroid dienone is 1. The van der Waals surface area contributed by atoms with E-state index in [1.54, 1.807) is 13.2 Å². The van der Waals surface area contributed by atoms with Crippen molar-refractivity contribution in [1.82, 2.24) is 20.1 Å². The summed E-state index contributed by atoms with van der Waals surface area (Å²) in [6.07, 6.45) is 1.76. The molecule has 0 unspecified atom stereocenters. The standard InChI is InChI=1S/C23H26N4O3S/c1-4-14-27-21(15-30-20-13-9-8-12-19(20)29-3)25-26-23(27)31-16-22(28)24-17(2)18-10-6-5-7-11-18/h4-13,17H,1,14-16H2,2-3H3,(H,24,28)/t17-/m1/s1. The molecule has 1 N–H and O–H groups in total. The van der Waals surface area contributed by atoms with E-state index >= 15 is 0 Å². The smallest absolute Gasteiger partial charge is 0.230 e. The van der Waals surface area contributed by atoms with Gasteiger partial charge in [-0.2, -0.15) is 0 Å². The summed E-state index contributed by atoms with van der Waals surface area (Å²) < 4.78 is 13.1. The van der Waals surface area contributed by atoms with Crippen molar-refractivity contribution in [2.45, 2.75) is 31.3 Å². The van der Waals surface area contributed by atoms with E-state index in [1.165, 1.54) is 11.8 Å². The Bertz CT molecular complexity index is 1010. The zero-order valence-electron chi connectivity index (χ0n) is 17.7. The third-order valence-electron chi connectivity index (χ3n) is 4.54. The number of carbonyl (C=O) groups is 1. The summed E-state index contributed by atoms with van der Waals surface area (Å²) in [5.74, 6) is 2.09. The molecule has 1 atom stereocenters. The second-order valence-corrected chi connectivity index (χ2v) is 7.67. The van der Waals surface area contributed by atoms with Crippen LogP contribution in [0.4, 0.5) is 0 Å². The molecular formula is C23H26N4O3S. The summed E-state index contributed by atoms with van der Waals surface area (Å²) >= 11 is 1.33. The lowest BCUT2D eigenvalue weighted by molar-refractivity contribution is -0.119. The van der Waals surface area contributed by atoms with Crippen molar-refractivity contribution in [1.29, 1.82) is 0 Å². The number of hydrogen-bond donors (Lipinski definition) is 1. The summed E-state index contributed by atoms with van der Waals surface area (Å²) in [7, 11) is 1.60. The third kappa shape index (κ3) is 6.11. The first-order valence-corrected chi connectivity index (χ1v) is 10.9. The maximum absolute atomic E-state index is 12.4. The highest BCUT2D eigenvalue weighted by Crippen LogP contribution is 2.27. The molecule has 0 fully saturated rings. The summed E-state index contributed by atoms with van der Waals surface area (Å²) in [5.41, 5.74) is 1.06. The van der Waals surface area contributed by atoms with Crippen LogP contribution < -0.4 is 14.8 Å². The normalized spacial score (nSPS) is 11.5. The molecule has 2 aromatic carbocycles. The Labute approximate surface area is 186 Å². The van der Waals surface area contributed by atoms with Crippen LogP contribution in [-0.2, 0) is 17.9 Å². The van der Waals surface area contributed by atoms with Crippen molar-refractivity contribution < 1.29 is 14.3 Å². The van der Waals surface area contributed by atoms with E-state index in [9.17, 15) is 4.79 Å². The molecule has 7 nitrogen and oxygen atoms in total. The van der Waals surface area contributed by atoms with Crippen LogP contribution in [0.25, 0.3) is 0 Å². The maximum Gasteiger partial charge on any atom is 0.230 e. The van der Waals surface area contributed by atoms with E-state index in [2.05, 4.69) is 22.1 Å². The lowest BCUT2D eigenvalue weighted by Crippen LogP contribution is -2.28. The van der Waals surface area contributed by atoms with E-state index in [0.717, 1.165) is 5.56 Å². The fourth-order valence-corrected chi connectivity index (χ4v) is 3.74. The molecule has 1 aromatic heterocycles. The summed E-state index contributed by atoms with van der Waals surface area (Å²) in [4.78, 5) is 12.4. The summed E-state index contributed by atoms with van der Waals surface area (Å²) in [6.45, 7) is 6.51. The molecule has 8 heteroatoms. The molecule has 0 aliphatic carbocycles. The monoisotopic (exact) mass is 438 g/mol. The molecule has 0 aliphatic rings. The second kappa shape index (κ2) is 11.2. The fourth-order valence-electron chi connectivity index (χ4n) is 2.96. The summed E-state index contributed by atoms with van der Waals surface area (Å²) in [6, 6.07) is 17.2. The number of aromatic nitrogens is 3. The summed E-state index contributed by atoms with van der Waals surface area (Å²) in [5, 5.41) is 12.1. The maximum atomic E-state index is 12.4. The minimum atomic E-state index is -0.0682. The van der Waals surface area contributed by atoms with Gasteiger partial charge in [0.25, 0.3) is 0 Å². The van der Waals surface area contributed by atoms with E-state index in [4.69, 9.17) is 9.47 Å². The molecule has 3 aromatic rings. The molecule has 0 radical (unpaired) electrons. The number of methoxy groups -OCH3 is 1. The van der Waals surface area contributed by atoms with Crippen molar-refractivity contribution in [3.05, 3.63) is 78.6 Å². The van der Waals surface area contributed by atoms with E-state index in [1.807, 2.05) is 66.1 Å². The molecule has 0 aliphatic heterocycles. The molecule has 0 bridgehead atoms. The Balaban J connectivity index is 1.60. The second-order valence-electron chi connectivity index (χ2n) is 6.73. The van der Waals surface area contributed by atoms with Gasteiger partial charge in [0.1, 0.15) is 6.61 Å². The van der Waals surface area contributed by atoms with E-state index < -0.39 is 0 Å². The first-order valence-electron chi connectivity index (χ1n) is 9.88. The van der Waals surface area contributed by atoms with Crippen LogP contribution in [-0.4, -0.2) is 33.5 Å². The number of amides is 1. The van der Waals surface area contributed by atoms with Crippen LogP contribution in [0.5, 0.6) is 11.5 Å². The van der Waals surface area contributed by atoms with Crippen molar-refractivity contribution in [2.24, 2.45) is 0 Å². The molecule has 1 heterocycles. The van der Waals surface area contributed by atoms with Gasteiger partial charge in [-0.1, -0.05) is 60.3 Å². The van der Waals surface area contributed by atoms with Crippen LogP contribution in [0.3, 0.4) is 0 Å². The lowest BCUT2D eigenvalue weighted by atomic mass is 10.1. The number of rotatable bonds is 11. The Hall–Kier alpha value is -3.26. The van der Waals surface area contributed by atoms with E-state index in [-0.39, 0.29) is 24.3 Å².